The molecule has 0 saturated carbocycles. The smallest absolute Gasteiger partial charge is 0.235 e. The highest BCUT2D eigenvalue weighted by atomic mass is 32.1. The molecular formula is C17H18N6O2S. The van der Waals surface area contributed by atoms with E-state index in [1.807, 2.05) is 24.3 Å². The minimum absolute atomic E-state index is 0.254. The van der Waals surface area contributed by atoms with Gasteiger partial charge in [0.1, 0.15) is 0 Å². The second kappa shape index (κ2) is 6.41. The molecule has 1 aromatic carbocycles. The zero-order valence-electron chi connectivity index (χ0n) is 14.8. The fourth-order valence-corrected chi connectivity index (χ4v) is 3.49. The molecule has 4 aromatic rings. The zero-order valence-corrected chi connectivity index (χ0v) is 15.7. The molecule has 4 rings (SSSR count). The van der Waals surface area contributed by atoms with Gasteiger partial charge >= 0.3 is 0 Å². The van der Waals surface area contributed by atoms with E-state index in [0.717, 1.165) is 32.7 Å². The summed E-state index contributed by atoms with van der Waals surface area (Å²) in [5.41, 5.74) is 2.56. The number of nitrogens with zero attached hydrogens (tertiary/aromatic N) is 5. The first-order valence-corrected chi connectivity index (χ1v) is 8.92. The van der Waals surface area contributed by atoms with E-state index in [1.165, 1.54) is 11.3 Å². The molecule has 0 saturated heterocycles. The van der Waals surface area contributed by atoms with Crippen molar-refractivity contribution < 1.29 is 9.47 Å². The first kappa shape index (κ1) is 16.5. The van der Waals surface area contributed by atoms with Crippen molar-refractivity contribution in [2.24, 2.45) is 0 Å². The predicted molar refractivity (Wildman–Crippen MR) is 98.9 cm³/mol. The SMILES string of the molecule is COc1ccc(-c2cc(-c3nn4c(C(C)C)nnc4s3)[nH]n2)cc1OC. The summed E-state index contributed by atoms with van der Waals surface area (Å²) in [6.07, 6.45) is 0. The van der Waals surface area contributed by atoms with Crippen LogP contribution in [0.3, 0.4) is 0 Å². The fourth-order valence-electron chi connectivity index (χ4n) is 2.68. The molecule has 0 radical (unpaired) electrons. The number of aromatic amines is 1. The molecule has 0 amide bonds. The minimum Gasteiger partial charge on any atom is -0.493 e. The number of H-pyrrole nitrogens is 1. The highest BCUT2D eigenvalue weighted by molar-refractivity contribution is 7.19. The summed E-state index contributed by atoms with van der Waals surface area (Å²) in [4.78, 5) is 0.769. The molecule has 3 aromatic heterocycles. The molecule has 0 aliphatic heterocycles. The van der Waals surface area contributed by atoms with Crippen molar-refractivity contribution in [2.75, 3.05) is 14.2 Å². The van der Waals surface area contributed by atoms with Crippen molar-refractivity contribution in [3.05, 3.63) is 30.1 Å². The largest absolute Gasteiger partial charge is 0.493 e. The number of ether oxygens (including phenoxy) is 2. The van der Waals surface area contributed by atoms with Gasteiger partial charge in [0.05, 0.1) is 25.6 Å². The average molecular weight is 370 g/mol. The second-order valence-electron chi connectivity index (χ2n) is 6.05. The summed E-state index contributed by atoms with van der Waals surface area (Å²) < 4.78 is 12.4. The topological polar surface area (TPSA) is 90.2 Å². The zero-order chi connectivity index (χ0) is 18.3. The Kier molecular flexibility index (Phi) is 4.08. The quantitative estimate of drug-likeness (QED) is 0.579. The fraction of sp³-hybridized carbons (Fsp3) is 0.294. The molecule has 0 aliphatic carbocycles. The molecule has 26 heavy (non-hydrogen) atoms. The molecule has 0 unspecified atom stereocenters. The van der Waals surface area contributed by atoms with Crippen molar-refractivity contribution in [3.63, 3.8) is 0 Å². The van der Waals surface area contributed by atoms with Gasteiger partial charge in [-0.3, -0.25) is 5.10 Å². The van der Waals surface area contributed by atoms with Crippen LogP contribution in [0.15, 0.2) is 24.3 Å². The normalized spacial score (nSPS) is 11.4. The maximum Gasteiger partial charge on any atom is 0.235 e. The van der Waals surface area contributed by atoms with Gasteiger partial charge in [-0.05, 0) is 24.3 Å². The van der Waals surface area contributed by atoms with Gasteiger partial charge in [-0.2, -0.15) is 14.7 Å². The monoisotopic (exact) mass is 370 g/mol. The van der Waals surface area contributed by atoms with Gasteiger partial charge in [-0.1, -0.05) is 25.2 Å². The summed E-state index contributed by atoms with van der Waals surface area (Å²) in [6, 6.07) is 7.66. The number of aromatic nitrogens is 6. The molecule has 0 atom stereocenters. The van der Waals surface area contributed by atoms with Crippen LogP contribution in [0.2, 0.25) is 0 Å². The number of methoxy groups -OCH3 is 2. The Labute approximate surface area is 153 Å². The van der Waals surface area contributed by atoms with E-state index in [4.69, 9.17) is 9.47 Å². The number of hydrogen-bond donors (Lipinski definition) is 1. The van der Waals surface area contributed by atoms with Gasteiger partial charge in [-0.25, -0.2) is 0 Å². The van der Waals surface area contributed by atoms with Crippen molar-refractivity contribution >= 4 is 16.3 Å². The van der Waals surface area contributed by atoms with Gasteiger partial charge in [-0.15, -0.1) is 10.2 Å². The van der Waals surface area contributed by atoms with E-state index < -0.39 is 0 Å². The third-order valence-electron chi connectivity index (χ3n) is 4.02. The Hall–Kier alpha value is -2.94. The van der Waals surface area contributed by atoms with Crippen LogP contribution in [0.1, 0.15) is 25.6 Å². The lowest BCUT2D eigenvalue weighted by Crippen LogP contribution is -1.97. The van der Waals surface area contributed by atoms with Gasteiger partial charge < -0.3 is 9.47 Å². The van der Waals surface area contributed by atoms with Crippen LogP contribution in [0.5, 0.6) is 11.5 Å². The lowest BCUT2D eigenvalue weighted by molar-refractivity contribution is 0.355. The molecule has 1 N–H and O–H groups in total. The van der Waals surface area contributed by atoms with Crippen molar-refractivity contribution in [1.29, 1.82) is 0 Å². The molecule has 0 fully saturated rings. The Balaban J connectivity index is 1.70. The van der Waals surface area contributed by atoms with Gasteiger partial charge in [0.15, 0.2) is 22.3 Å². The number of hydrogen-bond acceptors (Lipinski definition) is 7. The van der Waals surface area contributed by atoms with Gasteiger partial charge in [0, 0.05) is 11.5 Å². The summed E-state index contributed by atoms with van der Waals surface area (Å²) >= 11 is 1.47. The molecule has 8 nitrogen and oxygen atoms in total. The second-order valence-corrected chi connectivity index (χ2v) is 7.01. The van der Waals surface area contributed by atoms with Crippen LogP contribution in [0.4, 0.5) is 0 Å². The van der Waals surface area contributed by atoms with Crippen LogP contribution in [0.25, 0.3) is 26.9 Å². The summed E-state index contributed by atoms with van der Waals surface area (Å²) in [5, 5.41) is 21.3. The Morgan fingerprint density at radius 1 is 1.08 bits per heavy atom. The van der Waals surface area contributed by atoms with Crippen molar-refractivity contribution in [1.82, 2.24) is 30.0 Å². The predicted octanol–water partition coefficient (Wildman–Crippen LogP) is 3.38. The number of fused-ring (bicyclic) bond motifs is 1. The van der Waals surface area contributed by atoms with Crippen molar-refractivity contribution in [2.45, 2.75) is 19.8 Å². The number of nitrogens with one attached hydrogen (secondary N) is 1. The molecule has 0 bridgehead atoms. The summed E-state index contributed by atoms with van der Waals surface area (Å²) in [6.45, 7) is 4.14. The van der Waals surface area contributed by atoms with Crippen LogP contribution in [-0.4, -0.2) is 44.2 Å². The molecule has 9 heteroatoms. The van der Waals surface area contributed by atoms with Crippen LogP contribution in [0, 0.1) is 0 Å². The highest BCUT2D eigenvalue weighted by Gasteiger charge is 2.17. The molecular weight excluding hydrogens is 352 g/mol. The minimum atomic E-state index is 0.254. The molecule has 3 heterocycles. The lowest BCUT2D eigenvalue weighted by Gasteiger charge is -2.08. The van der Waals surface area contributed by atoms with Crippen LogP contribution < -0.4 is 9.47 Å². The molecule has 134 valence electrons. The van der Waals surface area contributed by atoms with Crippen molar-refractivity contribution in [3.8, 4) is 33.5 Å². The average Bonchev–Trinajstić information content (AvgIpc) is 3.35. The summed E-state index contributed by atoms with van der Waals surface area (Å²) in [7, 11) is 3.23. The van der Waals surface area contributed by atoms with E-state index in [-0.39, 0.29) is 5.92 Å². The molecule has 0 aliphatic rings. The highest BCUT2D eigenvalue weighted by Crippen LogP contribution is 2.33. The Morgan fingerprint density at radius 3 is 2.62 bits per heavy atom. The first-order chi connectivity index (χ1) is 12.6. The standard InChI is InChI=1S/C17H18N6O2S/c1-9(2)15-20-21-17-23(15)22-16(26-17)12-8-11(18-19-12)10-5-6-13(24-3)14(7-10)25-4/h5-9H,1-4H3,(H,18,19). The van der Waals surface area contributed by atoms with E-state index in [9.17, 15) is 0 Å². The van der Waals surface area contributed by atoms with Crippen LogP contribution in [-0.2, 0) is 0 Å². The van der Waals surface area contributed by atoms with Crippen LogP contribution >= 0.6 is 11.3 Å². The van der Waals surface area contributed by atoms with E-state index in [0.29, 0.717) is 11.5 Å². The summed E-state index contributed by atoms with van der Waals surface area (Å²) in [5.74, 6) is 2.45. The van der Waals surface area contributed by atoms with E-state index >= 15 is 0 Å². The maximum atomic E-state index is 5.36. The number of benzene rings is 1. The first-order valence-electron chi connectivity index (χ1n) is 8.11. The van der Waals surface area contributed by atoms with Gasteiger partial charge in [0.2, 0.25) is 4.96 Å². The third-order valence-corrected chi connectivity index (χ3v) is 4.95. The molecule has 0 spiro atoms. The Bertz CT molecular complexity index is 1060. The van der Waals surface area contributed by atoms with E-state index in [1.54, 1.807) is 18.7 Å². The lowest BCUT2D eigenvalue weighted by atomic mass is 10.1. The Morgan fingerprint density at radius 2 is 1.88 bits per heavy atom. The maximum absolute atomic E-state index is 5.36. The van der Waals surface area contributed by atoms with Gasteiger partial charge in [0.25, 0.3) is 0 Å². The number of rotatable bonds is 5. The van der Waals surface area contributed by atoms with E-state index in [2.05, 4.69) is 39.3 Å². The third kappa shape index (κ3) is 2.70.